The largest absolute Gasteiger partial charge is 2.00 e. The van der Waals surface area contributed by atoms with Crippen molar-refractivity contribution in [3.8, 4) is 9.75 Å². The number of rotatable bonds is 3. The van der Waals surface area contributed by atoms with E-state index in [9.17, 15) is 4.79 Å². The Kier molecular flexibility index (Phi) is 8.22. The summed E-state index contributed by atoms with van der Waals surface area (Å²) >= 11 is 3.33. The number of thiophene rings is 2. The first-order chi connectivity index (χ1) is 11.2. The van der Waals surface area contributed by atoms with Crippen molar-refractivity contribution in [2.24, 2.45) is 0 Å². The van der Waals surface area contributed by atoms with Crippen LogP contribution in [0.1, 0.15) is 21.5 Å². The van der Waals surface area contributed by atoms with Crippen molar-refractivity contribution in [1.29, 1.82) is 0 Å². The Morgan fingerprint density at radius 3 is 1.75 bits per heavy atom. The van der Waals surface area contributed by atoms with Crippen LogP contribution in [-0.4, -0.2) is 5.78 Å². The van der Waals surface area contributed by atoms with Crippen molar-refractivity contribution in [3.63, 3.8) is 0 Å². The first-order valence-corrected chi connectivity index (χ1v) is 8.97. The van der Waals surface area contributed by atoms with Gasteiger partial charge in [-0.15, -0.1) is 22.7 Å². The molecule has 2 heterocycles. The quantitative estimate of drug-likeness (QED) is 0.501. The normalized spacial score (nSPS) is 17.2. The summed E-state index contributed by atoms with van der Waals surface area (Å²) < 4.78 is 0. The van der Waals surface area contributed by atoms with Crippen LogP contribution >= 0.6 is 22.7 Å². The minimum Gasteiger partial charge on any atom is -0.294 e. The topological polar surface area (TPSA) is 17.1 Å². The Labute approximate surface area is 164 Å². The maximum atomic E-state index is 11.3. The van der Waals surface area contributed by atoms with Gasteiger partial charge in [0.25, 0.3) is 0 Å². The van der Waals surface area contributed by atoms with Gasteiger partial charge >= 0.3 is 17.1 Å². The number of ketones is 1. The third kappa shape index (κ3) is 5.29. The first-order valence-electron chi connectivity index (χ1n) is 7.34. The molecule has 0 saturated heterocycles. The monoisotopic (exact) mass is 392 g/mol. The van der Waals surface area contributed by atoms with E-state index in [-0.39, 0.29) is 22.9 Å². The third-order valence-electron chi connectivity index (χ3n) is 3.30. The van der Waals surface area contributed by atoms with Gasteiger partial charge in [-0.2, -0.15) is 0 Å². The fourth-order valence-corrected chi connectivity index (χ4v) is 4.15. The van der Waals surface area contributed by atoms with E-state index in [2.05, 4.69) is 25.0 Å². The minimum atomic E-state index is 0. The van der Waals surface area contributed by atoms with E-state index < -0.39 is 0 Å². The minimum absolute atomic E-state index is 0. The molecule has 2 saturated carbocycles. The van der Waals surface area contributed by atoms with E-state index in [0.717, 1.165) is 4.88 Å². The Morgan fingerprint density at radius 1 is 0.708 bits per heavy atom. The van der Waals surface area contributed by atoms with Gasteiger partial charge in [-0.3, -0.25) is 4.79 Å². The summed E-state index contributed by atoms with van der Waals surface area (Å²) in [6.07, 6.45) is 18.3. The molecule has 0 atom stereocenters. The van der Waals surface area contributed by atoms with Crippen molar-refractivity contribution in [2.45, 2.75) is 6.92 Å². The van der Waals surface area contributed by atoms with Crippen molar-refractivity contribution in [1.82, 2.24) is 0 Å². The van der Waals surface area contributed by atoms with E-state index in [0.29, 0.717) is 0 Å². The van der Waals surface area contributed by atoms with Gasteiger partial charge in [0.05, 0.1) is 4.88 Å². The molecular weight excluding hydrogens is 376 g/mol. The molecule has 10 radical (unpaired) electrons. The summed E-state index contributed by atoms with van der Waals surface area (Å²) in [5, 5.41) is 0. The Hall–Kier alpha value is -0.411. The molecule has 2 aliphatic rings. The summed E-state index contributed by atoms with van der Waals surface area (Å²) in [5.74, 6) is 1.40. The zero-order valence-electron chi connectivity index (χ0n) is 13.1. The number of hydrogen-bond acceptors (Lipinski definition) is 3. The molecule has 0 spiro atoms. The SMILES string of the molecule is CC(=O)c1ccc(-c2ccc([C]3[CH][CH][CH][CH]3)s2)s1.[CH]1[CH][CH][CH][CH]1.[Fe+2]. The number of Topliss-reactive ketones (excluding diaryl/α,β-unsaturated/α-hetero) is 1. The van der Waals surface area contributed by atoms with Crippen molar-refractivity contribution >= 4 is 28.5 Å². The van der Waals surface area contributed by atoms with Crippen LogP contribution in [0, 0.1) is 63.7 Å². The second-order valence-electron chi connectivity index (χ2n) is 5.02. The smallest absolute Gasteiger partial charge is 0.294 e. The van der Waals surface area contributed by atoms with Gasteiger partial charge < -0.3 is 0 Å². The predicted molar refractivity (Wildman–Crippen MR) is 98.7 cm³/mol. The second kappa shape index (κ2) is 9.91. The molecule has 0 aliphatic heterocycles. The van der Waals surface area contributed by atoms with Crippen LogP contribution in [0.3, 0.4) is 0 Å². The van der Waals surface area contributed by atoms with Crippen molar-refractivity contribution in [3.05, 3.63) is 97.7 Å². The molecule has 2 aromatic rings. The van der Waals surface area contributed by atoms with E-state index in [4.69, 9.17) is 0 Å². The molecule has 120 valence electrons. The first kappa shape index (κ1) is 19.9. The molecule has 0 bridgehead atoms. The van der Waals surface area contributed by atoms with Gasteiger partial charge in [0, 0.05) is 20.5 Å². The maximum absolute atomic E-state index is 11.3. The molecule has 1 nitrogen and oxygen atoms in total. The standard InChI is InChI=1S/C15H11OS2.C5H5.Fe/c1-10(16)12-6-8-14(17-12)15-9-7-13(18-15)11-4-2-3-5-11;1-2-4-5-3-1;/h2-9H,1H3;1-5H;/q;;+2. The average Bonchev–Trinajstić information content (AvgIpc) is 3.38. The molecular formula is C20H16FeOS2+2. The van der Waals surface area contributed by atoms with Gasteiger partial charge in [0.2, 0.25) is 0 Å². The van der Waals surface area contributed by atoms with Crippen LogP contribution in [0.5, 0.6) is 0 Å². The molecule has 2 aromatic heterocycles. The van der Waals surface area contributed by atoms with Crippen LogP contribution in [0.4, 0.5) is 0 Å². The van der Waals surface area contributed by atoms with Crippen molar-refractivity contribution in [2.75, 3.05) is 0 Å². The number of carbonyl (C=O) groups excluding carboxylic acids is 1. The van der Waals surface area contributed by atoms with E-state index >= 15 is 0 Å². The number of carbonyl (C=O) groups is 1. The predicted octanol–water partition coefficient (Wildman–Crippen LogP) is 5.45. The van der Waals surface area contributed by atoms with E-state index in [1.54, 1.807) is 29.6 Å². The van der Waals surface area contributed by atoms with Crippen LogP contribution in [-0.2, 0) is 17.1 Å². The van der Waals surface area contributed by atoms with E-state index in [1.807, 2.05) is 57.1 Å². The average molecular weight is 392 g/mol. The Morgan fingerprint density at radius 2 is 1.21 bits per heavy atom. The van der Waals surface area contributed by atoms with Crippen LogP contribution in [0.2, 0.25) is 0 Å². The Bertz CT molecular complexity index is 626. The molecule has 0 N–H and O–H groups in total. The fourth-order valence-electron chi connectivity index (χ4n) is 2.14. The van der Waals surface area contributed by atoms with Crippen LogP contribution < -0.4 is 0 Å². The molecule has 4 heteroatoms. The van der Waals surface area contributed by atoms with Gasteiger partial charge in [-0.05, 0) is 89.0 Å². The maximum Gasteiger partial charge on any atom is 2.00 e. The zero-order chi connectivity index (χ0) is 16.1. The summed E-state index contributed by atoms with van der Waals surface area (Å²) in [6, 6.07) is 8.21. The summed E-state index contributed by atoms with van der Waals surface area (Å²) in [7, 11) is 0. The molecule has 0 unspecified atom stereocenters. The summed E-state index contributed by atoms with van der Waals surface area (Å²) in [6.45, 7) is 1.61. The third-order valence-corrected chi connectivity index (χ3v) is 5.82. The molecule has 0 aromatic carbocycles. The Balaban J connectivity index is 0.000000300. The molecule has 0 amide bonds. The van der Waals surface area contributed by atoms with Gasteiger partial charge in [0.15, 0.2) is 5.78 Å². The van der Waals surface area contributed by atoms with Gasteiger partial charge in [0.1, 0.15) is 0 Å². The molecule has 4 rings (SSSR count). The zero-order valence-corrected chi connectivity index (χ0v) is 15.8. The number of hydrogen-bond donors (Lipinski definition) is 0. The van der Waals surface area contributed by atoms with Crippen LogP contribution in [0.15, 0.2) is 24.3 Å². The second-order valence-corrected chi connectivity index (χ2v) is 7.19. The van der Waals surface area contributed by atoms with E-state index in [1.165, 1.54) is 20.5 Å². The summed E-state index contributed by atoms with van der Waals surface area (Å²) in [5.41, 5.74) is 0. The van der Waals surface area contributed by atoms with Crippen molar-refractivity contribution < 1.29 is 21.9 Å². The van der Waals surface area contributed by atoms with Gasteiger partial charge in [-0.25, -0.2) is 0 Å². The summed E-state index contributed by atoms with van der Waals surface area (Å²) in [4.78, 5) is 15.8. The van der Waals surface area contributed by atoms with Crippen LogP contribution in [0.25, 0.3) is 9.75 Å². The molecule has 2 fully saturated rings. The molecule has 24 heavy (non-hydrogen) atoms. The fraction of sp³-hybridized carbons (Fsp3) is 0.0500. The molecule has 2 aliphatic carbocycles. The van der Waals surface area contributed by atoms with Gasteiger partial charge in [-0.1, -0.05) is 0 Å².